The van der Waals surface area contributed by atoms with Gasteiger partial charge in [-0.25, -0.2) is 0 Å². The second-order valence-electron chi connectivity index (χ2n) is 4.76. The molecule has 0 aliphatic rings. The quantitative estimate of drug-likeness (QED) is 0.609. The lowest BCUT2D eigenvalue weighted by molar-refractivity contribution is -0.115. The lowest BCUT2D eigenvalue weighted by Gasteiger charge is -2.07. The Morgan fingerprint density at radius 3 is 2.67 bits per heavy atom. The van der Waals surface area contributed by atoms with Crippen molar-refractivity contribution in [1.82, 2.24) is 5.32 Å². The minimum atomic E-state index is -0.00897. The van der Waals surface area contributed by atoms with Crippen molar-refractivity contribution in [2.24, 2.45) is 0 Å². The maximum Gasteiger partial charge on any atom is 0.238 e. The van der Waals surface area contributed by atoms with Gasteiger partial charge in [-0.05, 0) is 36.8 Å². The molecular weight excluding hydrogens is 280 g/mol. The van der Waals surface area contributed by atoms with Gasteiger partial charge in [0.1, 0.15) is 0 Å². The lowest BCUT2D eigenvalue weighted by Crippen LogP contribution is -2.29. The van der Waals surface area contributed by atoms with Crippen LogP contribution in [0.5, 0.6) is 0 Å². The molecule has 4 heteroatoms. The number of hydrogen-bond donors (Lipinski definition) is 2. The van der Waals surface area contributed by atoms with Crippen LogP contribution >= 0.6 is 11.8 Å². The van der Waals surface area contributed by atoms with Gasteiger partial charge in [0, 0.05) is 22.9 Å². The van der Waals surface area contributed by atoms with E-state index in [2.05, 4.69) is 22.8 Å². The molecule has 0 aromatic heterocycles. The number of carbonyl (C=O) groups is 1. The van der Waals surface area contributed by atoms with Crippen molar-refractivity contribution < 1.29 is 4.79 Å². The fraction of sp³-hybridized carbons (Fsp3) is 0.235. The SMILES string of the molecule is Cc1cccc(NC(=O)CNCCSc2ccccc2)c1. The Balaban J connectivity index is 1.61. The van der Waals surface area contributed by atoms with Crippen molar-refractivity contribution in [2.75, 3.05) is 24.2 Å². The molecule has 1 amide bonds. The minimum absolute atomic E-state index is 0.00897. The number of benzene rings is 2. The molecule has 2 rings (SSSR count). The van der Waals surface area contributed by atoms with E-state index in [-0.39, 0.29) is 5.91 Å². The zero-order valence-corrected chi connectivity index (χ0v) is 13.0. The molecule has 0 radical (unpaired) electrons. The van der Waals surface area contributed by atoms with Gasteiger partial charge < -0.3 is 10.6 Å². The average Bonchev–Trinajstić information content (AvgIpc) is 2.48. The Labute approximate surface area is 130 Å². The number of aryl methyl sites for hydroxylation is 1. The van der Waals surface area contributed by atoms with Crippen molar-refractivity contribution in [1.29, 1.82) is 0 Å². The van der Waals surface area contributed by atoms with Gasteiger partial charge in [0.15, 0.2) is 0 Å². The number of hydrogen-bond acceptors (Lipinski definition) is 3. The molecule has 0 unspecified atom stereocenters. The summed E-state index contributed by atoms with van der Waals surface area (Å²) >= 11 is 1.78. The van der Waals surface area contributed by atoms with Gasteiger partial charge in [-0.3, -0.25) is 4.79 Å². The Bertz CT molecular complexity index is 572. The van der Waals surface area contributed by atoms with E-state index in [1.807, 2.05) is 49.4 Å². The maximum atomic E-state index is 11.8. The van der Waals surface area contributed by atoms with Gasteiger partial charge in [0.25, 0.3) is 0 Å². The van der Waals surface area contributed by atoms with E-state index >= 15 is 0 Å². The summed E-state index contributed by atoms with van der Waals surface area (Å²) in [4.78, 5) is 13.0. The largest absolute Gasteiger partial charge is 0.325 e. The van der Waals surface area contributed by atoms with Crippen molar-refractivity contribution in [2.45, 2.75) is 11.8 Å². The first-order chi connectivity index (χ1) is 10.2. The predicted molar refractivity (Wildman–Crippen MR) is 89.8 cm³/mol. The van der Waals surface area contributed by atoms with E-state index in [4.69, 9.17) is 0 Å². The summed E-state index contributed by atoms with van der Waals surface area (Å²) in [6.07, 6.45) is 0. The normalized spacial score (nSPS) is 10.3. The first kappa shape index (κ1) is 15.6. The zero-order valence-electron chi connectivity index (χ0n) is 12.1. The lowest BCUT2D eigenvalue weighted by atomic mass is 10.2. The van der Waals surface area contributed by atoms with Crippen LogP contribution in [0.2, 0.25) is 0 Å². The topological polar surface area (TPSA) is 41.1 Å². The fourth-order valence-electron chi connectivity index (χ4n) is 1.89. The molecule has 21 heavy (non-hydrogen) atoms. The highest BCUT2D eigenvalue weighted by Crippen LogP contribution is 2.15. The Hall–Kier alpha value is -1.78. The zero-order chi connectivity index (χ0) is 14.9. The molecule has 0 saturated carbocycles. The van der Waals surface area contributed by atoms with Gasteiger partial charge in [0.05, 0.1) is 6.54 Å². The van der Waals surface area contributed by atoms with E-state index in [0.717, 1.165) is 23.5 Å². The number of nitrogens with one attached hydrogen (secondary N) is 2. The van der Waals surface area contributed by atoms with Crippen molar-refractivity contribution in [3.05, 3.63) is 60.2 Å². The minimum Gasteiger partial charge on any atom is -0.325 e. The molecule has 2 N–H and O–H groups in total. The summed E-state index contributed by atoms with van der Waals surface area (Å²) in [5.41, 5.74) is 1.99. The third-order valence-electron chi connectivity index (χ3n) is 2.88. The monoisotopic (exact) mass is 300 g/mol. The number of rotatable bonds is 7. The van der Waals surface area contributed by atoms with E-state index in [0.29, 0.717) is 6.54 Å². The van der Waals surface area contributed by atoms with Crippen LogP contribution in [0.1, 0.15) is 5.56 Å². The summed E-state index contributed by atoms with van der Waals surface area (Å²) in [5, 5.41) is 6.04. The Morgan fingerprint density at radius 2 is 1.90 bits per heavy atom. The molecule has 110 valence electrons. The van der Waals surface area contributed by atoms with Gasteiger partial charge >= 0.3 is 0 Å². The molecule has 0 fully saturated rings. The Kier molecular flexibility index (Phi) is 6.31. The third kappa shape index (κ3) is 6.02. The molecule has 2 aromatic carbocycles. The van der Waals surface area contributed by atoms with Gasteiger partial charge in [-0.15, -0.1) is 11.8 Å². The van der Waals surface area contributed by atoms with Crippen molar-refractivity contribution in [3.8, 4) is 0 Å². The van der Waals surface area contributed by atoms with Crippen LogP contribution in [0.3, 0.4) is 0 Å². The van der Waals surface area contributed by atoms with E-state index < -0.39 is 0 Å². The summed E-state index contributed by atoms with van der Waals surface area (Å²) in [6, 6.07) is 18.1. The van der Waals surface area contributed by atoms with Crippen LogP contribution in [0, 0.1) is 6.92 Å². The summed E-state index contributed by atoms with van der Waals surface area (Å²) in [7, 11) is 0. The van der Waals surface area contributed by atoms with Crippen molar-refractivity contribution in [3.63, 3.8) is 0 Å². The summed E-state index contributed by atoms with van der Waals surface area (Å²) < 4.78 is 0. The van der Waals surface area contributed by atoms with E-state index in [1.165, 1.54) is 4.90 Å². The molecular formula is C17H20N2OS. The molecule has 0 saturated heterocycles. The summed E-state index contributed by atoms with van der Waals surface area (Å²) in [6.45, 7) is 3.15. The molecule has 0 atom stereocenters. The second-order valence-corrected chi connectivity index (χ2v) is 5.92. The van der Waals surface area contributed by atoms with Crippen LogP contribution in [0.25, 0.3) is 0 Å². The fourth-order valence-corrected chi connectivity index (χ4v) is 2.72. The standard InChI is InChI=1S/C17H20N2OS/c1-14-6-5-7-15(12-14)19-17(20)13-18-10-11-21-16-8-3-2-4-9-16/h2-9,12,18H,10-11,13H2,1H3,(H,19,20). The number of thioether (sulfide) groups is 1. The molecule has 2 aromatic rings. The number of carbonyl (C=O) groups excluding carboxylic acids is 1. The van der Waals surface area contributed by atoms with Crippen LogP contribution in [-0.2, 0) is 4.79 Å². The molecule has 0 aliphatic heterocycles. The van der Waals surface area contributed by atoms with Gasteiger partial charge in [-0.2, -0.15) is 0 Å². The van der Waals surface area contributed by atoms with Gasteiger partial charge in [-0.1, -0.05) is 30.3 Å². The highest BCUT2D eigenvalue weighted by molar-refractivity contribution is 7.99. The van der Waals surface area contributed by atoms with Crippen LogP contribution < -0.4 is 10.6 Å². The first-order valence-corrected chi connectivity index (χ1v) is 7.98. The number of amides is 1. The molecule has 0 aliphatic carbocycles. The van der Waals surface area contributed by atoms with Gasteiger partial charge in [0.2, 0.25) is 5.91 Å². The number of anilines is 1. The van der Waals surface area contributed by atoms with Crippen LogP contribution in [0.4, 0.5) is 5.69 Å². The Morgan fingerprint density at radius 1 is 1.10 bits per heavy atom. The highest BCUT2D eigenvalue weighted by Gasteiger charge is 2.01. The highest BCUT2D eigenvalue weighted by atomic mass is 32.2. The summed E-state index contributed by atoms with van der Waals surface area (Å²) in [5.74, 6) is 0.937. The van der Waals surface area contributed by atoms with Crippen LogP contribution in [0.15, 0.2) is 59.5 Å². The first-order valence-electron chi connectivity index (χ1n) is 6.99. The molecule has 0 heterocycles. The van der Waals surface area contributed by atoms with E-state index in [9.17, 15) is 4.79 Å². The third-order valence-corrected chi connectivity index (χ3v) is 3.89. The van der Waals surface area contributed by atoms with Crippen LogP contribution in [-0.4, -0.2) is 24.7 Å². The van der Waals surface area contributed by atoms with E-state index in [1.54, 1.807) is 11.8 Å². The smallest absolute Gasteiger partial charge is 0.238 e. The van der Waals surface area contributed by atoms with Crippen molar-refractivity contribution >= 4 is 23.4 Å². The second kappa shape index (κ2) is 8.49. The maximum absolute atomic E-state index is 11.8. The predicted octanol–water partition coefficient (Wildman–Crippen LogP) is 3.32. The molecule has 0 spiro atoms. The molecule has 0 bridgehead atoms. The molecule has 3 nitrogen and oxygen atoms in total. The average molecular weight is 300 g/mol.